The zero-order valence-corrected chi connectivity index (χ0v) is 15.6. The molecule has 0 aromatic heterocycles. The molecule has 0 aliphatic carbocycles. The van der Waals surface area contributed by atoms with Gasteiger partial charge in [-0.25, -0.2) is 0 Å². The molecule has 1 fully saturated rings. The minimum atomic E-state index is 0.597. The van der Waals surface area contributed by atoms with Crippen LogP contribution < -0.4 is 4.74 Å². The van der Waals surface area contributed by atoms with E-state index in [2.05, 4.69) is 44.4 Å². The van der Waals surface area contributed by atoms with E-state index in [0.717, 1.165) is 37.2 Å². The van der Waals surface area contributed by atoms with Crippen LogP contribution in [0.5, 0.6) is 5.75 Å². The number of piperidine rings is 1. The average Bonchev–Trinajstić information content (AvgIpc) is 2.52. The first-order valence-corrected chi connectivity index (χ1v) is 9.21. The predicted molar refractivity (Wildman–Crippen MR) is 101 cm³/mol. The summed E-state index contributed by atoms with van der Waals surface area (Å²) in [4.78, 5) is 2.53. The number of aryl methyl sites for hydroxylation is 1. The number of nitrogens with zero attached hydrogens (tertiary/aromatic N) is 1. The van der Waals surface area contributed by atoms with Gasteiger partial charge in [0.2, 0.25) is 0 Å². The molecule has 1 aromatic carbocycles. The predicted octanol–water partition coefficient (Wildman–Crippen LogP) is 4.10. The second-order valence-corrected chi connectivity index (χ2v) is 7.27. The largest absolute Gasteiger partial charge is 0.491 e. The van der Waals surface area contributed by atoms with Gasteiger partial charge in [-0.15, -0.1) is 6.58 Å². The second-order valence-electron chi connectivity index (χ2n) is 7.27. The lowest BCUT2D eigenvalue weighted by atomic mass is 9.92. The molecule has 3 nitrogen and oxygen atoms in total. The molecule has 0 N–H and O–H groups in total. The number of likely N-dealkylation sites (tertiary alicyclic amines) is 1. The molecule has 3 heteroatoms. The second kappa shape index (κ2) is 9.85. The molecule has 2 rings (SSSR count). The van der Waals surface area contributed by atoms with Crippen LogP contribution in [0.15, 0.2) is 30.9 Å². The minimum Gasteiger partial charge on any atom is -0.491 e. The van der Waals surface area contributed by atoms with Crippen LogP contribution in [-0.4, -0.2) is 44.4 Å². The van der Waals surface area contributed by atoms with Crippen LogP contribution in [-0.2, 0) is 11.2 Å². The van der Waals surface area contributed by atoms with Crippen molar-refractivity contribution in [2.45, 2.75) is 33.6 Å². The van der Waals surface area contributed by atoms with Crippen molar-refractivity contribution in [3.05, 3.63) is 42.0 Å². The van der Waals surface area contributed by atoms with Crippen molar-refractivity contribution < 1.29 is 9.47 Å². The van der Waals surface area contributed by atoms with Crippen LogP contribution in [0.1, 0.15) is 31.4 Å². The lowest BCUT2D eigenvalue weighted by Crippen LogP contribution is -2.40. The Morgan fingerprint density at radius 1 is 1.17 bits per heavy atom. The molecule has 0 amide bonds. The van der Waals surface area contributed by atoms with Crippen LogP contribution >= 0.6 is 0 Å². The first-order valence-electron chi connectivity index (χ1n) is 9.21. The van der Waals surface area contributed by atoms with Gasteiger partial charge in [0.25, 0.3) is 0 Å². The first-order chi connectivity index (χ1) is 11.6. The van der Waals surface area contributed by atoms with Crippen molar-refractivity contribution in [2.75, 3.05) is 39.5 Å². The summed E-state index contributed by atoms with van der Waals surface area (Å²) in [6, 6.07) is 6.29. The van der Waals surface area contributed by atoms with Gasteiger partial charge in [-0.1, -0.05) is 37.6 Å². The highest BCUT2D eigenvalue weighted by molar-refractivity contribution is 5.38. The first kappa shape index (κ1) is 19.0. The lowest BCUT2D eigenvalue weighted by Gasteiger charge is -2.34. The highest BCUT2D eigenvalue weighted by Crippen LogP contribution is 2.21. The minimum absolute atomic E-state index is 0.597. The molecule has 1 aromatic rings. The molecule has 2 unspecified atom stereocenters. The number of hydrogen-bond donors (Lipinski definition) is 0. The maximum absolute atomic E-state index is 5.88. The molecule has 134 valence electrons. The Kier molecular flexibility index (Phi) is 7.80. The van der Waals surface area contributed by atoms with Gasteiger partial charge in [-0.3, -0.25) is 0 Å². The topological polar surface area (TPSA) is 21.7 Å². The summed E-state index contributed by atoms with van der Waals surface area (Å²) in [6.45, 7) is 16.1. The summed E-state index contributed by atoms with van der Waals surface area (Å²) in [5, 5.41) is 0. The summed E-state index contributed by atoms with van der Waals surface area (Å²) in [7, 11) is 0. The Hall–Kier alpha value is -1.32. The van der Waals surface area contributed by atoms with E-state index in [9.17, 15) is 0 Å². The average molecular weight is 332 g/mol. The van der Waals surface area contributed by atoms with Crippen molar-refractivity contribution in [1.29, 1.82) is 0 Å². The molecule has 2 atom stereocenters. The number of rotatable bonds is 9. The number of allylic oxidation sites excluding steroid dienone is 1. The van der Waals surface area contributed by atoms with Gasteiger partial charge in [0.15, 0.2) is 0 Å². The Balaban J connectivity index is 1.64. The molecule has 0 radical (unpaired) electrons. The normalized spacial score (nSPS) is 21.6. The molecular formula is C21H33NO2. The van der Waals surface area contributed by atoms with E-state index in [4.69, 9.17) is 9.47 Å². The molecular weight excluding hydrogens is 298 g/mol. The van der Waals surface area contributed by atoms with Crippen molar-refractivity contribution in [3.8, 4) is 5.75 Å². The maximum Gasteiger partial charge on any atom is 0.122 e. The molecule has 1 aliphatic rings. The fourth-order valence-electron chi connectivity index (χ4n) is 3.64. The molecule has 1 heterocycles. The summed E-state index contributed by atoms with van der Waals surface area (Å²) in [5.41, 5.74) is 2.45. The summed E-state index contributed by atoms with van der Waals surface area (Å²) in [5.74, 6) is 2.56. The van der Waals surface area contributed by atoms with Gasteiger partial charge in [0.05, 0.1) is 13.2 Å². The Morgan fingerprint density at radius 2 is 1.92 bits per heavy atom. The van der Waals surface area contributed by atoms with Crippen molar-refractivity contribution in [3.63, 3.8) is 0 Å². The molecule has 0 spiro atoms. The Morgan fingerprint density at radius 3 is 2.62 bits per heavy atom. The number of ether oxygens (including phenoxy) is 2. The van der Waals surface area contributed by atoms with Crippen LogP contribution in [0, 0.1) is 18.8 Å². The molecule has 24 heavy (non-hydrogen) atoms. The van der Waals surface area contributed by atoms with Gasteiger partial charge in [0.1, 0.15) is 12.4 Å². The summed E-state index contributed by atoms with van der Waals surface area (Å²) >= 11 is 0. The molecule has 0 bridgehead atoms. The van der Waals surface area contributed by atoms with Crippen LogP contribution in [0.2, 0.25) is 0 Å². The van der Waals surface area contributed by atoms with Crippen LogP contribution in [0.25, 0.3) is 0 Å². The zero-order chi connectivity index (χ0) is 17.4. The number of hydrogen-bond acceptors (Lipinski definition) is 3. The molecule has 1 saturated heterocycles. The third-order valence-corrected chi connectivity index (χ3v) is 4.56. The van der Waals surface area contributed by atoms with Gasteiger partial charge in [-0.05, 0) is 43.2 Å². The molecule has 1 aliphatic heterocycles. The van der Waals surface area contributed by atoms with E-state index in [0.29, 0.717) is 13.2 Å². The van der Waals surface area contributed by atoms with Crippen LogP contribution in [0.4, 0.5) is 0 Å². The van der Waals surface area contributed by atoms with E-state index in [1.54, 1.807) is 0 Å². The fraction of sp³-hybridized carbons (Fsp3) is 0.619. The smallest absolute Gasteiger partial charge is 0.122 e. The quantitative estimate of drug-likeness (QED) is 0.502. The van der Waals surface area contributed by atoms with Gasteiger partial charge in [-0.2, -0.15) is 0 Å². The molecule has 0 saturated carbocycles. The van der Waals surface area contributed by atoms with Crippen molar-refractivity contribution in [1.82, 2.24) is 4.90 Å². The van der Waals surface area contributed by atoms with Crippen molar-refractivity contribution >= 4 is 0 Å². The summed E-state index contributed by atoms with van der Waals surface area (Å²) < 4.78 is 11.6. The van der Waals surface area contributed by atoms with E-state index >= 15 is 0 Å². The zero-order valence-electron chi connectivity index (χ0n) is 15.6. The SMILES string of the molecule is C=CCc1cc(C)ccc1OCCOCCN1CC(C)CC(C)C1. The van der Waals surface area contributed by atoms with Gasteiger partial charge >= 0.3 is 0 Å². The van der Waals surface area contributed by atoms with Gasteiger partial charge in [0, 0.05) is 19.6 Å². The Labute approximate surface area is 147 Å². The van der Waals surface area contributed by atoms with E-state index in [1.165, 1.54) is 30.6 Å². The summed E-state index contributed by atoms with van der Waals surface area (Å²) in [6.07, 6.45) is 4.11. The monoisotopic (exact) mass is 331 g/mol. The third kappa shape index (κ3) is 6.29. The highest BCUT2D eigenvalue weighted by Gasteiger charge is 2.21. The number of benzene rings is 1. The highest BCUT2D eigenvalue weighted by atomic mass is 16.5. The fourth-order valence-corrected chi connectivity index (χ4v) is 3.64. The van der Waals surface area contributed by atoms with Crippen molar-refractivity contribution in [2.24, 2.45) is 11.8 Å². The van der Waals surface area contributed by atoms with E-state index < -0.39 is 0 Å². The van der Waals surface area contributed by atoms with Crippen LogP contribution in [0.3, 0.4) is 0 Å². The van der Waals surface area contributed by atoms with E-state index in [1.807, 2.05) is 12.1 Å². The third-order valence-electron chi connectivity index (χ3n) is 4.56. The lowest BCUT2D eigenvalue weighted by molar-refractivity contribution is 0.0594. The van der Waals surface area contributed by atoms with Gasteiger partial charge < -0.3 is 14.4 Å². The van der Waals surface area contributed by atoms with E-state index in [-0.39, 0.29) is 0 Å². The standard InChI is InChI=1S/C21H33NO2/c1-5-6-20-14-17(2)7-8-21(20)24-12-11-23-10-9-22-15-18(3)13-19(4)16-22/h5,7-8,14,18-19H,1,6,9-13,15-16H2,2-4H3. The maximum atomic E-state index is 5.88. The Bertz CT molecular complexity index is 505.